The first kappa shape index (κ1) is 10.7. The minimum absolute atomic E-state index is 0.141. The van der Waals surface area contributed by atoms with Crippen LogP contribution >= 0.6 is 0 Å². The summed E-state index contributed by atoms with van der Waals surface area (Å²) in [6.45, 7) is 0. The maximum absolute atomic E-state index is 11.1. The topological polar surface area (TPSA) is 94.1 Å². The number of carbonyl (C=O) groups excluding carboxylic acids is 1. The van der Waals surface area contributed by atoms with Crippen LogP contribution in [0.2, 0.25) is 0 Å². The maximum atomic E-state index is 11.1. The Morgan fingerprint density at radius 2 is 2.17 bits per heavy atom. The number of nitrogens with one attached hydrogen (secondary N) is 1. The van der Waals surface area contributed by atoms with Crippen LogP contribution in [-0.4, -0.2) is 10.9 Å². The molecule has 0 spiro atoms. The highest BCUT2D eigenvalue weighted by Gasteiger charge is 2.26. The van der Waals surface area contributed by atoms with Crippen molar-refractivity contribution in [3.05, 3.63) is 47.2 Å². The average molecular weight is 243 g/mol. The summed E-state index contributed by atoms with van der Waals surface area (Å²) in [6, 6.07) is 9.52. The van der Waals surface area contributed by atoms with Gasteiger partial charge in [0.15, 0.2) is 0 Å². The van der Waals surface area contributed by atoms with E-state index in [4.69, 9.17) is 16.2 Å². The molecule has 0 bridgehead atoms. The number of nitrogens with two attached hydrogens (primary N) is 2. The van der Waals surface area contributed by atoms with Gasteiger partial charge in [-0.2, -0.15) is 0 Å². The monoisotopic (exact) mass is 243 g/mol. The van der Waals surface area contributed by atoms with Crippen LogP contribution in [0.3, 0.4) is 0 Å². The maximum Gasteiger partial charge on any atom is 0.252 e. The molecule has 1 aromatic carbocycles. The number of para-hydroxylation sites is 1. The number of nitrogen functional groups attached to an aromatic ring is 1. The number of H-pyrrole nitrogens is 1. The van der Waals surface area contributed by atoms with Gasteiger partial charge in [-0.25, -0.2) is 0 Å². The molecular weight excluding hydrogens is 230 g/mol. The van der Waals surface area contributed by atoms with Gasteiger partial charge in [0.1, 0.15) is 17.7 Å². The van der Waals surface area contributed by atoms with E-state index in [1.807, 2.05) is 24.3 Å². The van der Waals surface area contributed by atoms with Crippen LogP contribution in [0.5, 0.6) is 5.75 Å². The van der Waals surface area contributed by atoms with E-state index in [1.54, 1.807) is 6.07 Å². The Morgan fingerprint density at radius 3 is 2.83 bits per heavy atom. The van der Waals surface area contributed by atoms with Crippen LogP contribution in [0.25, 0.3) is 0 Å². The van der Waals surface area contributed by atoms with Gasteiger partial charge in [-0.1, -0.05) is 18.2 Å². The molecule has 18 heavy (non-hydrogen) atoms. The Bertz CT molecular complexity index is 593. The minimum atomic E-state index is -0.537. The number of aromatic nitrogens is 1. The van der Waals surface area contributed by atoms with Gasteiger partial charge >= 0.3 is 0 Å². The van der Waals surface area contributed by atoms with Crippen molar-refractivity contribution in [3.8, 4) is 5.75 Å². The summed E-state index contributed by atoms with van der Waals surface area (Å²) in [5.41, 5.74) is 13.2. The summed E-state index contributed by atoms with van der Waals surface area (Å²) in [5.74, 6) is 0.624. The van der Waals surface area contributed by atoms with Crippen molar-refractivity contribution in [3.63, 3.8) is 0 Å². The lowest BCUT2D eigenvalue weighted by molar-refractivity contribution is 0.100. The smallest absolute Gasteiger partial charge is 0.252 e. The number of hydrogen-bond donors (Lipinski definition) is 3. The third-order valence-corrected chi connectivity index (χ3v) is 3.13. The molecule has 0 saturated heterocycles. The third-order valence-electron chi connectivity index (χ3n) is 3.13. The fourth-order valence-electron chi connectivity index (χ4n) is 2.23. The summed E-state index contributed by atoms with van der Waals surface area (Å²) in [6.07, 6.45) is 0.617. The van der Waals surface area contributed by atoms with Crippen LogP contribution in [0.1, 0.15) is 27.7 Å². The Kier molecular flexibility index (Phi) is 2.26. The molecule has 5 N–H and O–H groups in total. The molecule has 0 fully saturated rings. The zero-order valence-electron chi connectivity index (χ0n) is 9.64. The van der Waals surface area contributed by atoms with Crippen LogP contribution in [0, 0.1) is 0 Å². The number of primary amides is 1. The van der Waals surface area contributed by atoms with E-state index in [0.717, 1.165) is 23.4 Å². The molecule has 0 saturated carbocycles. The van der Waals surface area contributed by atoms with E-state index in [9.17, 15) is 4.79 Å². The number of amides is 1. The number of fused-ring (bicyclic) bond motifs is 1. The highest BCUT2D eigenvalue weighted by atomic mass is 16.5. The van der Waals surface area contributed by atoms with Gasteiger partial charge in [0.25, 0.3) is 5.91 Å². The number of carbonyl (C=O) groups is 1. The molecule has 92 valence electrons. The Labute approximate surface area is 104 Å². The molecule has 2 aromatic rings. The zero-order valence-corrected chi connectivity index (χ0v) is 9.64. The zero-order chi connectivity index (χ0) is 12.7. The number of ether oxygens (including phenoxy) is 1. The second-order valence-electron chi connectivity index (χ2n) is 4.33. The predicted octanol–water partition coefficient (Wildman–Crippen LogP) is 1.37. The first-order valence-corrected chi connectivity index (χ1v) is 5.68. The van der Waals surface area contributed by atoms with Gasteiger partial charge in [-0.3, -0.25) is 4.79 Å². The van der Waals surface area contributed by atoms with E-state index in [0.29, 0.717) is 5.56 Å². The average Bonchev–Trinajstić information content (AvgIpc) is 2.91. The molecule has 1 aliphatic rings. The fourth-order valence-corrected chi connectivity index (χ4v) is 2.23. The number of aromatic amines is 1. The van der Waals surface area contributed by atoms with Gasteiger partial charge in [-0.15, -0.1) is 0 Å². The summed E-state index contributed by atoms with van der Waals surface area (Å²) in [4.78, 5) is 14.1. The standard InChI is InChI=1S/C13H13N3O2/c14-12-8(13(15)17)6-9(16-12)11-5-7-3-1-2-4-10(7)18-11/h1-4,6,11,16H,5,14H2,(H2,15,17). The van der Waals surface area contributed by atoms with E-state index < -0.39 is 5.91 Å². The number of hydrogen-bond acceptors (Lipinski definition) is 3. The van der Waals surface area contributed by atoms with Gasteiger partial charge in [0, 0.05) is 6.42 Å². The lowest BCUT2D eigenvalue weighted by Crippen LogP contribution is -2.11. The predicted molar refractivity (Wildman–Crippen MR) is 67.2 cm³/mol. The van der Waals surface area contributed by atoms with Crippen molar-refractivity contribution < 1.29 is 9.53 Å². The van der Waals surface area contributed by atoms with E-state index >= 15 is 0 Å². The molecule has 1 unspecified atom stereocenters. The Balaban J connectivity index is 1.91. The summed E-state index contributed by atoms with van der Waals surface area (Å²) in [5, 5.41) is 0. The van der Waals surface area contributed by atoms with Crippen molar-refractivity contribution in [2.75, 3.05) is 5.73 Å². The Morgan fingerprint density at radius 1 is 1.39 bits per heavy atom. The number of anilines is 1. The number of benzene rings is 1. The normalized spacial score (nSPS) is 17.2. The van der Waals surface area contributed by atoms with Gasteiger partial charge in [0.2, 0.25) is 0 Å². The van der Waals surface area contributed by atoms with E-state index in [1.165, 1.54) is 0 Å². The molecule has 0 radical (unpaired) electrons. The first-order chi connectivity index (χ1) is 8.65. The van der Waals surface area contributed by atoms with Crippen molar-refractivity contribution in [2.45, 2.75) is 12.5 Å². The van der Waals surface area contributed by atoms with Crippen molar-refractivity contribution in [1.82, 2.24) is 4.98 Å². The molecule has 1 amide bonds. The van der Waals surface area contributed by atoms with Crippen LogP contribution < -0.4 is 16.2 Å². The molecule has 1 aliphatic heterocycles. The second-order valence-corrected chi connectivity index (χ2v) is 4.33. The minimum Gasteiger partial charge on any atom is -0.484 e. The number of rotatable bonds is 2. The molecule has 5 heteroatoms. The SMILES string of the molecule is NC(=O)c1cc(C2Cc3ccccc3O2)[nH]c1N. The lowest BCUT2D eigenvalue weighted by atomic mass is 10.1. The van der Waals surface area contributed by atoms with Crippen LogP contribution in [-0.2, 0) is 6.42 Å². The molecule has 3 rings (SSSR count). The molecule has 1 aromatic heterocycles. The molecule has 1 atom stereocenters. The Hall–Kier alpha value is -2.43. The van der Waals surface area contributed by atoms with Crippen LogP contribution in [0.15, 0.2) is 30.3 Å². The van der Waals surface area contributed by atoms with Gasteiger partial charge < -0.3 is 21.2 Å². The van der Waals surface area contributed by atoms with E-state index in [-0.39, 0.29) is 11.9 Å². The molecule has 5 nitrogen and oxygen atoms in total. The molecular formula is C13H13N3O2. The van der Waals surface area contributed by atoms with Crippen molar-refractivity contribution >= 4 is 11.7 Å². The van der Waals surface area contributed by atoms with Crippen LogP contribution in [0.4, 0.5) is 5.82 Å². The van der Waals surface area contributed by atoms with Crippen molar-refractivity contribution in [1.29, 1.82) is 0 Å². The summed E-state index contributed by atoms with van der Waals surface area (Å²) < 4.78 is 5.80. The second kappa shape index (κ2) is 3.80. The quantitative estimate of drug-likeness (QED) is 0.743. The fraction of sp³-hybridized carbons (Fsp3) is 0.154. The highest BCUT2D eigenvalue weighted by molar-refractivity contribution is 5.97. The van der Waals surface area contributed by atoms with Crippen molar-refractivity contribution in [2.24, 2.45) is 5.73 Å². The van der Waals surface area contributed by atoms with E-state index in [2.05, 4.69) is 4.98 Å². The van der Waals surface area contributed by atoms with Gasteiger partial charge in [0.05, 0.1) is 11.3 Å². The summed E-state index contributed by atoms with van der Waals surface area (Å²) in [7, 11) is 0. The summed E-state index contributed by atoms with van der Waals surface area (Å²) >= 11 is 0. The first-order valence-electron chi connectivity index (χ1n) is 5.68. The largest absolute Gasteiger partial charge is 0.484 e. The lowest BCUT2D eigenvalue weighted by Gasteiger charge is -2.07. The highest BCUT2D eigenvalue weighted by Crippen LogP contribution is 2.36. The van der Waals surface area contributed by atoms with Gasteiger partial charge in [-0.05, 0) is 17.7 Å². The molecule has 0 aliphatic carbocycles. The molecule has 2 heterocycles. The third kappa shape index (κ3) is 1.60.